The van der Waals surface area contributed by atoms with Gasteiger partial charge in [-0.3, -0.25) is 10.1 Å². The van der Waals surface area contributed by atoms with E-state index in [-0.39, 0.29) is 22.8 Å². The zero-order valence-electron chi connectivity index (χ0n) is 10.3. The number of rotatable bonds is 2. The van der Waals surface area contributed by atoms with Crippen molar-refractivity contribution < 1.29 is 9.66 Å². The minimum atomic E-state index is -0.390. The summed E-state index contributed by atoms with van der Waals surface area (Å²) >= 11 is 3.40. The lowest BCUT2D eigenvalue weighted by atomic mass is 10.2. The van der Waals surface area contributed by atoms with Crippen molar-refractivity contribution in [1.29, 1.82) is 0 Å². The molecule has 0 spiro atoms. The first-order chi connectivity index (χ1) is 8.47. The van der Waals surface area contributed by atoms with Crippen LogP contribution in [0.5, 0.6) is 0 Å². The van der Waals surface area contributed by atoms with Gasteiger partial charge in [-0.05, 0) is 35.8 Å². The van der Waals surface area contributed by atoms with Gasteiger partial charge in [0, 0.05) is 29.7 Å². The topological polar surface area (TPSA) is 55.6 Å². The predicted octanol–water partition coefficient (Wildman–Crippen LogP) is 2.97. The maximum absolute atomic E-state index is 10.7. The van der Waals surface area contributed by atoms with Crippen LogP contribution in [0.3, 0.4) is 0 Å². The van der Waals surface area contributed by atoms with Gasteiger partial charge < -0.3 is 9.64 Å². The molecule has 1 heterocycles. The molecule has 1 aliphatic rings. The first-order valence-electron chi connectivity index (χ1n) is 5.81. The standard InChI is InChI=1S/C12H15BrN2O3/c1-8-6-14(7-9(2)18-8)12-4-3-10(15(16)17)5-11(12)13/h3-5,8-9H,6-7H2,1-2H3/t8-,9+. The Labute approximate surface area is 114 Å². The Morgan fingerprint density at radius 2 is 2.00 bits per heavy atom. The lowest BCUT2D eigenvalue weighted by Gasteiger charge is -2.37. The van der Waals surface area contributed by atoms with E-state index in [1.165, 1.54) is 6.07 Å². The first-order valence-corrected chi connectivity index (χ1v) is 6.61. The van der Waals surface area contributed by atoms with Crippen molar-refractivity contribution in [2.24, 2.45) is 0 Å². The van der Waals surface area contributed by atoms with Crippen LogP contribution in [0.2, 0.25) is 0 Å². The molecular formula is C12H15BrN2O3. The van der Waals surface area contributed by atoms with Crippen LogP contribution in [-0.4, -0.2) is 30.2 Å². The van der Waals surface area contributed by atoms with E-state index >= 15 is 0 Å². The molecule has 0 aromatic heterocycles. The number of anilines is 1. The number of hydrogen-bond donors (Lipinski definition) is 0. The molecule has 98 valence electrons. The minimum absolute atomic E-state index is 0.0972. The number of nitro benzene ring substituents is 1. The number of nitro groups is 1. The molecule has 1 saturated heterocycles. The molecule has 1 aromatic carbocycles. The number of halogens is 1. The number of ether oxygens (including phenoxy) is 1. The van der Waals surface area contributed by atoms with Crippen LogP contribution >= 0.6 is 15.9 Å². The smallest absolute Gasteiger partial charge is 0.270 e. The average molecular weight is 315 g/mol. The third kappa shape index (κ3) is 2.81. The van der Waals surface area contributed by atoms with Gasteiger partial charge in [-0.25, -0.2) is 0 Å². The summed E-state index contributed by atoms with van der Waals surface area (Å²) in [5, 5.41) is 10.7. The van der Waals surface area contributed by atoms with Crippen molar-refractivity contribution >= 4 is 27.3 Å². The summed E-state index contributed by atoms with van der Waals surface area (Å²) in [7, 11) is 0. The van der Waals surface area contributed by atoms with Crippen LogP contribution in [0, 0.1) is 10.1 Å². The summed E-state index contributed by atoms with van der Waals surface area (Å²) in [6.07, 6.45) is 0.326. The van der Waals surface area contributed by atoms with Crippen LogP contribution in [-0.2, 0) is 4.74 Å². The summed E-state index contributed by atoms with van der Waals surface area (Å²) in [6, 6.07) is 4.86. The third-order valence-corrected chi connectivity index (χ3v) is 3.54. The number of morpholine rings is 1. The van der Waals surface area contributed by atoms with E-state index in [2.05, 4.69) is 20.8 Å². The van der Waals surface area contributed by atoms with Crippen molar-refractivity contribution in [2.45, 2.75) is 26.1 Å². The molecule has 0 amide bonds. The van der Waals surface area contributed by atoms with Gasteiger partial charge in [0.25, 0.3) is 5.69 Å². The summed E-state index contributed by atoms with van der Waals surface area (Å²) in [4.78, 5) is 12.5. The molecule has 1 fully saturated rings. The summed E-state index contributed by atoms with van der Waals surface area (Å²) in [5.74, 6) is 0. The molecule has 1 aliphatic heterocycles. The maximum atomic E-state index is 10.7. The number of nitrogens with zero attached hydrogens (tertiary/aromatic N) is 2. The molecule has 5 nitrogen and oxygen atoms in total. The van der Waals surface area contributed by atoms with Crippen LogP contribution in [0.15, 0.2) is 22.7 Å². The SMILES string of the molecule is C[C@@H]1CN(c2ccc([N+](=O)[O-])cc2Br)C[C@H](C)O1. The van der Waals surface area contributed by atoms with E-state index in [0.29, 0.717) is 0 Å². The Morgan fingerprint density at radius 3 is 2.50 bits per heavy atom. The molecular weight excluding hydrogens is 300 g/mol. The van der Waals surface area contributed by atoms with Crippen LogP contribution in [0.4, 0.5) is 11.4 Å². The van der Waals surface area contributed by atoms with E-state index in [4.69, 9.17) is 4.74 Å². The number of hydrogen-bond acceptors (Lipinski definition) is 4. The monoisotopic (exact) mass is 314 g/mol. The van der Waals surface area contributed by atoms with Crippen molar-refractivity contribution in [3.63, 3.8) is 0 Å². The maximum Gasteiger partial charge on any atom is 0.270 e. The molecule has 6 heteroatoms. The quantitative estimate of drug-likeness (QED) is 0.622. The van der Waals surface area contributed by atoms with Gasteiger partial charge in [-0.15, -0.1) is 0 Å². The van der Waals surface area contributed by atoms with Crippen molar-refractivity contribution in [3.8, 4) is 0 Å². The average Bonchev–Trinajstić information content (AvgIpc) is 2.27. The zero-order chi connectivity index (χ0) is 13.3. The van der Waals surface area contributed by atoms with E-state index < -0.39 is 0 Å². The van der Waals surface area contributed by atoms with E-state index in [0.717, 1.165) is 23.2 Å². The van der Waals surface area contributed by atoms with Gasteiger partial charge in [-0.2, -0.15) is 0 Å². The Kier molecular flexibility index (Phi) is 3.87. The van der Waals surface area contributed by atoms with Crippen molar-refractivity contribution in [3.05, 3.63) is 32.8 Å². The van der Waals surface area contributed by atoms with E-state index in [9.17, 15) is 10.1 Å². The van der Waals surface area contributed by atoms with Gasteiger partial charge in [0.15, 0.2) is 0 Å². The van der Waals surface area contributed by atoms with Gasteiger partial charge in [0.05, 0.1) is 22.8 Å². The first kappa shape index (κ1) is 13.3. The van der Waals surface area contributed by atoms with Gasteiger partial charge in [0.2, 0.25) is 0 Å². The molecule has 18 heavy (non-hydrogen) atoms. The Bertz CT molecular complexity index is 457. The lowest BCUT2D eigenvalue weighted by molar-refractivity contribution is -0.384. The summed E-state index contributed by atoms with van der Waals surface area (Å²) < 4.78 is 6.42. The highest BCUT2D eigenvalue weighted by molar-refractivity contribution is 9.10. The van der Waals surface area contributed by atoms with Crippen LogP contribution in [0.25, 0.3) is 0 Å². The number of benzene rings is 1. The largest absolute Gasteiger partial charge is 0.372 e. The van der Waals surface area contributed by atoms with Crippen molar-refractivity contribution in [2.75, 3.05) is 18.0 Å². The highest BCUT2D eigenvalue weighted by Crippen LogP contribution is 2.31. The van der Waals surface area contributed by atoms with E-state index in [1.54, 1.807) is 12.1 Å². The van der Waals surface area contributed by atoms with Crippen LogP contribution in [0.1, 0.15) is 13.8 Å². The number of non-ortho nitro benzene ring substituents is 1. The Hall–Kier alpha value is -1.14. The lowest BCUT2D eigenvalue weighted by Crippen LogP contribution is -2.45. The van der Waals surface area contributed by atoms with Gasteiger partial charge >= 0.3 is 0 Å². The highest BCUT2D eigenvalue weighted by Gasteiger charge is 2.24. The Morgan fingerprint density at radius 1 is 1.39 bits per heavy atom. The minimum Gasteiger partial charge on any atom is -0.372 e. The second kappa shape index (κ2) is 5.24. The van der Waals surface area contributed by atoms with Crippen molar-refractivity contribution in [1.82, 2.24) is 0 Å². The molecule has 0 N–H and O–H groups in total. The summed E-state index contributed by atoms with van der Waals surface area (Å²) in [5.41, 5.74) is 1.07. The predicted molar refractivity (Wildman–Crippen MR) is 73.0 cm³/mol. The fourth-order valence-electron chi connectivity index (χ4n) is 2.24. The Balaban J connectivity index is 2.25. The molecule has 2 rings (SSSR count). The normalized spacial score (nSPS) is 24.1. The molecule has 2 atom stereocenters. The fraction of sp³-hybridized carbons (Fsp3) is 0.500. The second-order valence-electron chi connectivity index (χ2n) is 4.56. The highest BCUT2D eigenvalue weighted by atomic mass is 79.9. The molecule has 0 radical (unpaired) electrons. The molecule has 1 aromatic rings. The van der Waals surface area contributed by atoms with Crippen LogP contribution < -0.4 is 4.90 Å². The zero-order valence-corrected chi connectivity index (χ0v) is 11.9. The molecule has 0 bridgehead atoms. The van der Waals surface area contributed by atoms with E-state index in [1.807, 2.05) is 13.8 Å². The summed E-state index contributed by atoms with van der Waals surface area (Å²) in [6.45, 7) is 5.64. The third-order valence-electron chi connectivity index (χ3n) is 2.90. The van der Waals surface area contributed by atoms with Gasteiger partial charge in [0.1, 0.15) is 0 Å². The second-order valence-corrected chi connectivity index (χ2v) is 5.41. The molecule has 0 saturated carbocycles. The molecule has 0 aliphatic carbocycles. The van der Waals surface area contributed by atoms with Gasteiger partial charge in [-0.1, -0.05) is 0 Å². The fourth-order valence-corrected chi connectivity index (χ4v) is 2.86. The molecule has 0 unspecified atom stereocenters.